The van der Waals surface area contributed by atoms with E-state index in [1.165, 1.54) is 0 Å². The molecule has 1 aliphatic carbocycles. The Morgan fingerprint density at radius 1 is 1.17 bits per heavy atom. The fourth-order valence-electron chi connectivity index (χ4n) is 3.61. The molecule has 4 nitrogen and oxygen atoms in total. The van der Waals surface area contributed by atoms with Crippen LogP contribution in [0.3, 0.4) is 0 Å². The molecule has 23 heavy (non-hydrogen) atoms. The number of benzene rings is 1. The van der Waals surface area contributed by atoms with Gasteiger partial charge >= 0.3 is 7.60 Å². The molecule has 0 amide bonds. The maximum absolute atomic E-state index is 13.5. The first-order valence-electron chi connectivity index (χ1n) is 8.63. The molecular weight excluding hydrogens is 311 g/mol. The first kappa shape index (κ1) is 18.7. The molecule has 1 saturated carbocycles. The van der Waals surface area contributed by atoms with Crippen LogP contribution >= 0.6 is 7.60 Å². The minimum Gasteiger partial charge on any atom is -0.389 e. The number of hydrogen-bond donors (Lipinski definition) is 1. The first-order valence-corrected chi connectivity index (χ1v) is 10.2. The lowest BCUT2D eigenvalue weighted by atomic mass is 9.80. The highest BCUT2D eigenvalue weighted by Gasteiger charge is 2.51. The summed E-state index contributed by atoms with van der Waals surface area (Å²) < 4.78 is 24.8. The van der Waals surface area contributed by atoms with Gasteiger partial charge in [-0.1, -0.05) is 49.1 Å². The van der Waals surface area contributed by atoms with Crippen LogP contribution in [0.2, 0.25) is 0 Å². The maximum atomic E-state index is 13.5. The third-order valence-electron chi connectivity index (χ3n) is 4.52. The maximum Gasteiger partial charge on any atom is 0.340 e. The predicted molar refractivity (Wildman–Crippen MR) is 92.8 cm³/mol. The Hall–Kier alpha value is -0.670. The topological polar surface area (TPSA) is 55.8 Å². The summed E-state index contributed by atoms with van der Waals surface area (Å²) in [5.41, 5.74) is 0.257. The van der Waals surface area contributed by atoms with Crippen molar-refractivity contribution in [2.75, 3.05) is 13.2 Å². The number of aliphatic hydroxyl groups is 1. The van der Waals surface area contributed by atoms with Gasteiger partial charge in [0.1, 0.15) is 5.66 Å². The smallest absolute Gasteiger partial charge is 0.340 e. The summed E-state index contributed by atoms with van der Waals surface area (Å²) in [6.45, 7) is 6.22. The highest BCUT2D eigenvalue weighted by molar-refractivity contribution is 7.54. The van der Waals surface area contributed by atoms with Gasteiger partial charge in [-0.15, -0.1) is 0 Å². The van der Waals surface area contributed by atoms with E-state index in [2.05, 4.69) is 0 Å². The van der Waals surface area contributed by atoms with Gasteiger partial charge in [0.25, 0.3) is 0 Å². The van der Waals surface area contributed by atoms with Crippen molar-refractivity contribution in [3.63, 3.8) is 0 Å². The molecule has 1 aromatic rings. The van der Waals surface area contributed by atoms with Gasteiger partial charge in [-0.05, 0) is 39.2 Å². The molecule has 1 aliphatic rings. The van der Waals surface area contributed by atoms with E-state index in [4.69, 9.17) is 9.05 Å². The summed E-state index contributed by atoms with van der Waals surface area (Å²) in [5, 5.41) is 11.3. The molecule has 1 N–H and O–H groups in total. The number of aryl methyl sites for hydroxylation is 1. The van der Waals surface area contributed by atoms with E-state index >= 15 is 0 Å². The lowest BCUT2D eigenvalue weighted by molar-refractivity contribution is -0.00959. The van der Waals surface area contributed by atoms with Crippen molar-refractivity contribution in [3.05, 3.63) is 35.4 Å². The molecule has 0 bridgehead atoms. The summed E-state index contributed by atoms with van der Waals surface area (Å²) in [7, 11) is -3.46. The molecule has 5 heteroatoms. The van der Waals surface area contributed by atoms with E-state index in [9.17, 15) is 9.67 Å². The Morgan fingerprint density at radius 3 is 2.30 bits per heavy atom. The fraction of sp³-hybridized carbons (Fsp3) is 0.667. The van der Waals surface area contributed by atoms with Gasteiger partial charge in [-0.25, -0.2) is 0 Å². The molecule has 2 rings (SSSR count). The summed E-state index contributed by atoms with van der Waals surface area (Å²) >= 11 is 0. The van der Waals surface area contributed by atoms with Crippen LogP contribution in [0.4, 0.5) is 0 Å². The van der Waals surface area contributed by atoms with Crippen LogP contribution in [0.5, 0.6) is 0 Å². The van der Waals surface area contributed by atoms with E-state index in [1.807, 2.05) is 45.0 Å². The summed E-state index contributed by atoms with van der Waals surface area (Å²) in [6.07, 6.45) is 4.26. The molecule has 1 unspecified atom stereocenters. The average Bonchev–Trinajstić information content (AvgIpc) is 2.48. The van der Waals surface area contributed by atoms with Crippen molar-refractivity contribution in [2.24, 2.45) is 0 Å². The molecule has 0 saturated heterocycles. The molecule has 0 aliphatic heterocycles. The van der Waals surface area contributed by atoms with E-state index < -0.39 is 18.9 Å². The molecule has 130 valence electrons. The Balaban J connectivity index is 2.51. The van der Waals surface area contributed by atoms with Crippen molar-refractivity contribution in [1.82, 2.24) is 0 Å². The minimum atomic E-state index is -3.46. The Kier molecular flexibility index (Phi) is 6.44. The van der Waals surface area contributed by atoms with Crippen molar-refractivity contribution < 1.29 is 18.7 Å². The summed E-state index contributed by atoms with van der Waals surface area (Å²) in [6, 6.07) is 7.85. The average molecular weight is 340 g/mol. The van der Waals surface area contributed by atoms with E-state index in [-0.39, 0.29) is 0 Å². The molecule has 0 heterocycles. The van der Waals surface area contributed by atoms with Crippen LogP contribution in [-0.4, -0.2) is 23.9 Å². The Morgan fingerprint density at radius 2 is 1.78 bits per heavy atom. The van der Waals surface area contributed by atoms with Crippen LogP contribution in [0.1, 0.15) is 62.7 Å². The van der Waals surface area contributed by atoms with Gasteiger partial charge in [0.2, 0.25) is 0 Å². The van der Waals surface area contributed by atoms with Crippen LogP contribution in [0, 0.1) is 6.92 Å². The molecule has 0 aromatic heterocycles. The van der Waals surface area contributed by atoms with Gasteiger partial charge in [0.15, 0.2) is 0 Å². The van der Waals surface area contributed by atoms with Crippen molar-refractivity contribution >= 4 is 7.60 Å². The second kappa shape index (κ2) is 7.94. The zero-order valence-corrected chi connectivity index (χ0v) is 15.4. The van der Waals surface area contributed by atoms with Crippen LogP contribution < -0.4 is 0 Å². The number of hydrogen-bond acceptors (Lipinski definition) is 4. The van der Waals surface area contributed by atoms with E-state index in [0.717, 1.165) is 30.4 Å². The van der Waals surface area contributed by atoms with Gasteiger partial charge < -0.3 is 14.2 Å². The normalized spacial score (nSPS) is 19.5. The lowest BCUT2D eigenvalue weighted by Crippen LogP contribution is -2.39. The Labute approximate surface area is 139 Å². The standard InChI is InChI=1S/C18H29O4P/c1-4-21-23(20,22-5-2)17(16-11-9-10-15(3)14-16)18(19)12-7-6-8-13-18/h9-11,14,17,19H,4-8,12-13H2,1-3H3. The first-order chi connectivity index (χ1) is 10.9. The highest BCUT2D eigenvalue weighted by Crippen LogP contribution is 2.66. The van der Waals surface area contributed by atoms with Crippen LogP contribution in [-0.2, 0) is 13.6 Å². The molecule has 0 radical (unpaired) electrons. The largest absolute Gasteiger partial charge is 0.389 e. The molecular formula is C18H29O4P. The monoisotopic (exact) mass is 340 g/mol. The second-order valence-electron chi connectivity index (χ2n) is 6.36. The van der Waals surface area contributed by atoms with Crippen molar-refractivity contribution in [3.8, 4) is 0 Å². The van der Waals surface area contributed by atoms with E-state index in [1.54, 1.807) is 0 Å². The molecule has 0 spiro atoms. The summed E-state index contributed by atoms with van der Waals surface area (Å²) in [4.78, 5) is 0. The SMILES string of the molecule is CCOP(=O)(OCC)C(c1cccc(C)c1)C1(O)CCCCC1. The predicted octanol–water partition coefficient (Wildman–Crippen LogP) is 5.00. The number of rotatable bonds is 7. The molecule has 1 atom stereocenters. The zero-order chi connectivity index (χ0) is 16.9. The fourth-order valence-corrected chi connectivity index (χ4v) is 6.08. The van der Waals surface area contributed by atoms with Crippen LogP contribution in [0.15, 0.2) is 24.3 Å². The molecule has 1 aromatic carbocycles. The van der Waals surface area contributed by atoms with E-state index in [0.29, 0.717) is 26.1 Å². The quantitative estimate of drug-likeness (QED) is 0.710. The van der Waals surface area contributed by atoms with Crippen molar-refractivity contribution in [2.45, 2.75) is 64.1 Å². The highest BCUT2D eigenvalue weighted by atomic mass is 31.2. The third kappa shape index (κ3) is 4.24. The molecule has 1 fully saturated rings. The van der Waals surface area contributed by atoms with Gasteiger partial charge in [-0.2, -0.15) is 0 Å². The van der Waals surface area contributed by atoms with Crippen LogP contribution in [0.25, 0.3) is 0 Å². The second-order valence-corrected chi connectivity index (χ2v) is 8.47. The van der Waals surface area contributed by atoms with Crippen molar-refractivity contribution in [1.29, 1.82) is 0 Å². The minimum absolute atomic E-state index is 0.301. The lowest BCUT2D eigenvalue weighted by Gasteiger charge is -2.42. The van der Waals surface area contributed by atoms with Gasteiger partial charge in [-0.3, -0.25) is 4.57 Å². The van der Waals surface area contributed by atoms with Gasteiger partial charge in [0.05, 0.1) is 18.8 Å². The third-order valence-corrected chi connectivity index (χ3v) is 7.17. The Bertz CT molecular complexity index is 542. The van der Waals surface area contributed by atoms with Gasteiger partial charge in [0, 0.05) is 0 Å². The zero-order valence-electron chi connectivity index (χ0n) is 14.5. The summed E-state index contributed by atoms with van der Waals surface area (Å²) in [5.74, 6) is 0.